The molecule has 1 fully saturated rings. The lowest BCUT2D eigenvalue weighted by atomic mass is 9.92. The molecule has 5 heteroatoms. The molecule has 4 nitrogen and oxygen atoms in total. The Bertz CT molecular complexity index is 176. The van der Waals surface area contributed by atoms with E-state index in [0.29, 0.717) is 12.8 Å². The predicted octanol–water partition coefficient (Wildman–Crippen LogP) is 0.505. The van der Waals surface area contributed by atoms with E-state index in [-0.39, 0.29) is 12.5 Å². The third-order valence-electron chi connectivity index (χ3n) is 2.07. The lowest BCUT2D eigenvalue weighted by Crippen LogP contribution is -2.42. The highest BCUT2D eigenvalue weighted by atomic mass is 19.1. The average molecular weight is 177 g/mol. The molecule has 1 aliphatic rings. The third-order valence-corrected chi connectivity index (χ3v) is 2.07. The van der Waals surface area contributed by atoms with Crippen LogP contribution in [0.1, 0.15) is 19.3 Å². The molecule has 0 aliphatic heterocycles. The van der Waals surface area contributed by atoms with Gasteiger partial charge in [-0.05, 0) is 12.8 Å². The molecule has 0 heterocycles. The summed E-state index contributed by atoms with van der Waals surface area (Å²) in [5, 5.41) is 19.5. The van der Waals surface area contributed by atoms with Crippen LogP contribution in [0.5, 0.6) is 0 Å². The van der Waals surface area contributed by atoms with E-state index >= 15 is 0 Å². The van der Waals surface area contributed by atoms with Crippen LogP contribution >= 0.6 is 0 Å². The van der Waals surface area contributed by atoms with Gasteiger partial charge in [-0.15, -0.1) is 0 Å². The molecule has 1 amide bonds. The summed E-state index contributed by atoms with van der Waals surface area (Å²) in [6, 6.07) is -0.346. The second-order valence-electron chi connectivity index (χ2n) is 3.04. The Balaban J connectivity index is 2.35. The fourth-order valence-corrected chi connectivity index (χ4v) is 1.41. The molecule has 1 saturated carbocycles. The molecular weight excluding hydrogens is 165 g/mol. The number of halogens is 1. The molecule has 70 valence electrons. The van der Waals surface area contributed by atoms with Crippen molar-refractivity contribution in [3.8, 4) is 0 Å². The highest BCUT2D eigenvalue weighted by Crippen LogP contribution is 2.21. The second-order valence-corrected chi connectivity index (χ2v) is 3.04. The minimum absolute atomic E-state index is 0.0769. The Morgan fingerprint density at radius 2 is 2.17 bits per heavy atom. The Morgan fingerprint density at radius 3 is 2.67 bits per heavy atom. The molecule has 1 rings (SSSR count). The Labute approximate surface area is 69.4 Å². The topological polar surface area (TPSA) is 69.6 Å². The lowest BCUT2D eigenvalue weighted by molar-refractivity contribution is 0.0329. The van der Waals surface area contributed by atoms with E-state index in [0.717, 1.165) is 0 Å². The second kappa shape index (κ2) is 3.71. The van der Waals surface area contributed by atoms with Gasteiger partial charge in [-0.2, -0.15) is 0 Å². The quantitative estimate of drug-likeness (QED) is 0.546. The van der Waals surface area contributed by atoms with Gasteiger partial charge >= 0.3 is 6.09 Å². The summed E-state index contributed by atoms with van der Waals surface area (Å²) < 4.78 is 12.8. The van der Waals surface area contributed by atoms with Crippen LogP contribution < -0.4 is 5.32 Å². The van der Waals surface area contributed by atoms with Crippen molar-refractivity contribution in [3.05, 3.63) is 0 Å². The summed E-state index contributed by atoms with van der Waals surface area (Å²) in [5.74, 6) is 0. The number of amides is 1. The van der Waals surface area contributed by atoms with Gasteiger partial charge in [-0.3, -0.25) is 0 Å². The molecule has 0 radical (unpaired) electrons. The zero-order valence-electron chi connectivity index (χ0n) is 6.53. The van der Waals surface area contributed by atoms with E-state index in [9.17, 15) is 9.18 Å². The first-order valence-corrected chi connectivity index (χ1v) is 3.91. The van der Waals surface area contributed by atoms with Gasteiger partial charge in [0.15, 0.2) is 0 Å². The molecule has 0 saturated heterocycles. The van der Waals surface area contributed by atoms with E-state index < -0.39 is 18.4 Å². The van der Waals surface area contributed by atoms with Crippen LogP contribution in [0.2, 0.25) is 0 Å². The SMILES string of the molecule is O=C(O)N[C@@H]1CC[C@@H](O)[C@@H](F)C1. The van der Waals surface area contributed by atoms with Gasteiger partial charge in [0.1, 0.15) is 6.17 Å². The highest BCUT2D eigenvalue weighted by molar-refractivity contribution is 5.64. The Kier molecular flexibility index (Phi) is 2.86. The molecular formula is C7H12FNO3. The zero-order valence-corrected chi connectivity index (χ0v) is 6.53. The van der Waals surface area contributed by atoms with Crippen LogP contribution in [0.3, 0.4) is 0 Å². The van der Waals surface area contributed by atoms with Gasteiger partial charge in [0.05, 0.1) is 6.10 Å². The summed E-state index contributed by atoms with van der Waals surface area (Å²) >= 11 is 0. The molecule has 0 bridgehead atoms. The van der Waals surface area contributed by atoms with Gasteiger partial charge in [0.2, 0.25) is 0 Å². The number of alkyl halides is 1. The van der Waals surface area contributed by atoms with E-state index in [1.165, 1.54) is 0 Å². The van der Waals surface area contributed by atoms with Crippen molar-refractivity contribution >= 4 is 6.09 Å². The summed E-state index contributed by atoms with van der Waals surface area (Å²) in [6.45, 7) is 0. The average Bonchev–Trinajstić information content (AvgIpc) is 1.96. The standard InChI is InChI=1S/C7H12FNO3/c8-5-3-4(9-7(11)12)1-2-6(5)10/h4-6,9-10H,1-3H2,(H,11,12)/t4-,5+,6-/m1/s1. The van der Waals surface area contributed by atoms with Gasteiger partial charge in [-0.25, -0.2) is 9.18 Å². The molecule has 3 atom stereocenters. The first-order chi connectivity index (χ1) is 5.59. The zero-order chi connectivity index (χ0) is 9.14. The van der Waals surface area contributed by atoms with Crippen LogP contribution in [-0.2, 0) is 0 Å². The number of aliphatic hydroxyl groups is 1. The Morgan fingerprint density at radius 1 is 1.50 bits per heavy atom. The number of aliphatic hydroxyl groups excluding tert-OH is 1. The van der Waals surface area contributed by atoms with Crippen LogP contribution in [0.15, 0.2) is 0 Å². The number of carboxylic acid groups (broad SMARTS) is 1. The van der Waals surface area contributed by atoms with Crippen LogP contribution in [0.4, 0.5) is 9.18 Å². The van der Waals surface area contributed by atoms with E-state index in [4.69, 9.17) is 10.2 Å². The van der Waals surface area contributed by atoms with Crippen LogP contribution in [0.25, 0.3) is 0 Å². The molecule has 1 aliphatic carbocycles. The van der Waals surface area contributed by atoms with Crippen molar-refractivity contribution in [2.75, 3.05) is 0 Å². The molecule has 3 N–H and O–H groups in total. The van der Waals surface area contributed by atoms with E-state index in [1.807, 2.05) is 0 Å². The summed E-state index contributed by atoms with van der Waals surface area (Å²) in [6.07, 6.45) is -2.44. The maximum atomic E-state index is 12.8. The molecule has 0 unspecified atom stereocenters. The van der Waals surface area contributed by atoms with Gasteiger partial charge in [0, 0.05) is 12.5 Å². The minimum atomic E-state index is -1.30. The number of hydrogen-bond acceptors (Lipinski definition) is 2. The number of rotatable bonds is 1. The van der Waals surface area contributed by atoms with E-state index in [2.05, 4.69) is 5.32 Å². The first kappa shape index (κ1) is 9.25. The van der Waals surface area contributed by atoms with Gasteiger partial charge in [-0.1, -0.05) is 0 Å². The molecule has 0 spiro atoms. The van der Waals surface area contributed by atoms with Crippen molar-refractivity contribution in [3.63, 3.8) is 0 Å². The fraction of sp³-hybridized carbons (Fsp3) is 0.857. The number of hydrogen-bond donors (Lipinski definition) is 3. The molecule has 0 aromatic rings. The normalized spacial score (nSPS) is 36.0. The number of nitrogens with one attached hydrogen (secondary N) is 1. The maximum Gasteiger partial charge on any atom is 0.404 e. The lowest BCUT2D eigenvalue weighted by Gasteiger charge is -2.28. The number of carbonyl (C=O) groups is 1. The van der Waals surface area contributed by atoms with Crippen molar-refractivity contribution < 1.29 is 19.4 Å². The van der Waals surface area contributed by atoms with Crippen LogP contribution in [0, 0.1) is 0 Å². The monoisotopic (exact) mass is 177 g/mol. The maximum absolute atomic E-state index is 12.8. The summed E-state index contributed by atoms with van der Waals surface area (Å²) in [7, 11) is 0. The third kappa shape index (κ3) is 2.34. The van der Waals surface area contributed by atoms with Crippen molar-refractivity contribution in [1.29, 1.82) is 0 Å². The predicted molar refractivity (Wildman–Crippen MR) is 39.7 cm³/mol. The van der Waals surface area contributed by atoms with Crippen molar-refractivity contribution in [1.82, 2.24) is 5.32 Å². The fourth-order valence-electron chi connectivity index (χ4n) is 1.41. The highest BCUT2D eigenvalue weighted by Gasteiger charge is 2.29. The molecule has 0 aromatic heterocycles. The first-order valence-electron chi connectivity index (χ1n) is 3.91. The van der Waals surface area contributed by atoms with Gasteiger partial charge in [0.25, 0.3) is 0 Å². The van der Waals surface area contributed by atoms with Crippen molar-refractivity contribution in [2.45, 2.75) is 37.6 Å². The Hall–Kier alpha value is -0.840. The molecule has 0 aromatic carbocycles. The minimum Gasteiger partial charge on any atom is -0.465 e. The van der Waals surface area contributed by atoms with Crippen molar-refractivity contribution in [2.24, 2.45) is 0 Å². The molecule has 12 heavy (non-hydrogen) atoms. The summed E-state index contributed by atoms with van der Waals surface area (Å²) in [5.41, 5.74) is 0. The van der Waals surface area contributed by atoms with Gasteiger partial charge < -0.3 is 15.5 Å². The smallest absolute Gasteiger partial charge is 0.404 e. The summed E-state index contributed by atoms with van der Waals surface area (Å²) in [4.78, 5) is 10.2. The van der Waals surface area contributed by atoms with Crippen LogP contribution in [-0.4, -0.2) is 34.6 Å². The largest absolute Gasteiger partial charge is 0.465 e. The van der Waals surface area contributed by atoms with E-state index in [1.54, 1.807) is 0 Å².